The topological polar surface area (TPSA) is 25.2 Å². The lowest BCUT2D eigenvalue weighted by Crippen LogP contribution is -1.89. The van der Waals surface area contributed by atoms with E-state index in [1.54, 1.807) is 12.3 Å². The quantitative estimate of drug-likeness (QED) is 0.622. The maximum absolute atomic E-state index is 4.14. The number of aromatic nitrogens is 1. The molecule has 0 aliphatic carbocycles. The Hall–Kier alpha value is -1.44. The van der Waals surface area contributed by atoms with Gasteiger partial charge < -0.3 is 0 Å². The summed E-state index contributed by atoms with van der Waals surface area (Å²) < 4.78 is 0. The molecule has 1 rings (SSSR count). The van der Waals surface area contributed by atoms with Crippen molar-refractivity contribution >= 4 is 12.3 Å². The molecule has 0 amide bonds. The van der Waals surface area contributed by atoms with Crippen molar-refractivity contribution < 1.29 is 0 Å². The van der Waals surface area contributed by atoms with E-state index in [4.69, 9.17) is 0 Å². The molecule has 2 nitrogen and oxygen atoms in total. The number of aliphatic imine (C=N–C) groups is 1. The largest absolute Gasteiger partial charge is 0.293 e. The van der Waals surface area contributed by atoms with E-state index in [9.17, 15) is 0 Å². The number of hydrogen-bond acceptors (Lipinski definition) is 2. The van der Waals surface area contributed by atoms with E-state index in [-0.39, 0.29) is 0 Å². The van der Waals surface area contributed by atoms with Crippen molar-refractivity contribution in [2.24, 2.45) is 4.99 Å². The lowest BCUT2D eigenvalue weighted by atomic mass is 10.2. The molecule has 1 aromatic rings. The van der Waals surface area contributed by atoms with Gasteiger partial charge in [0.25, 0.3) is 0 Å². The van der Waals surface area contributed by atoms with Gasteiger partial charge in [0, 0.05) is 24.5 Å². The summed E-state index contributed by atoms with van der Waals surface area (Å²) in [6.45, 7) is 6.47. The van der Waals surface area contributed by atoms with E-state index in [1.165, 1.54) is 0 Å². The smallest absolute Gasteiger partial charge is 0.0711 e. The first kappa shape index (κ1) is 8.65. The maximum Gasteiger partial charge on any atom is 0.0711 e. The summed E-state index contributed by atoms with van der Waals surface area (Å²) in [5.74, 6) is 0. The average molecular weight is 160 g/mol. The summed E-state index contributed by atoms with van der Waals surface area (Å²) in [5.41, 5.74) is 1.91. The summed E-state index contributed by atoms with van der Waals surface area (Å²) in [6, 6.07) is 3.87. The fourth-order valence-corrected chi connectivity index (χ4v) is 0.899. The van der Waals surface area contributed by atoms with Crippen molar-refractivity contribution in [3.8, 4) is 0 Å². The van der Waals surface area contributed by atoms with E-state index >= 15 is 0 Å². The van der Waals surface area contributed by atoms with Crippen LogP contribution in [-0.2, 0) is 0 Å². The van der Waals surface area contributed by atoms with Gasteiger partial charge in [-0.05, 0) is 25.1 Å². The molecule has 0 aliphatic heterocycles. The number of nitrogens with zero attached hydrogens (tertiary/aromatic N) is 2. The zero-order chi connectivity index (χ0) is 8.81. The van der Waals surface area contributed by atoms with Gasteiger partial charge in [0.1, 0.15) is 0 Å². The van der Waals surface area contributed by atoms with Crippen molar-refractivity contribution in [2.75, 3.05) is 6.54 Å². The van der Waals surface area contributed by atoms with Crippen LogP contribution >= 0.6 is 0 Å². The molecule has 0 N–H and O–H groups in total. The third-order valence-electron chi connectivity index (χ3n) is 1.48. The Morgan fingerprint density at radius 1 is 1.67 bits per heavy atom. The van der Waals surface area contributed by atoms with Crippen LogP contribution < -0.4 is 0 Å². The lowest BCUT2D eigenvalue weighted by Gasteiger charge is -1.96. The predicted molar refractivity (Wildman–Crippen MR) is 52.5 cm³/mol. The minimum Gasteiger partial charge on any atom is -0.293 e. The zero-order valence-corrected chi connectivity index (χ0v) is 7.20. The standard InChI is InChI=1S/C10H12N2/c1-3-10-9(8-11-4-2)6-5-7-12-10/h3,5-8H,1,4H2,2H3. The van der Waals surface area contributed by atoms with E-state index in [2.05, 4.69) is 16.6 Å². The van der Waals surface area contributed by atoms with Crippen molar-refractivity contribution in [1.29, 1.82) is 0 Å². The summed E-state index contributed by atoms with van der Waals surface area (Å²) in [6.07, 6.45) is 5.31. The first-order valence-electron chi connectivity index (χ1n) is 3.95. The lowest BCUT2D eigenvalue weighted by molar-refractivity contribution is 1.14. The van der Waals surface area contributed by atoms with Gasteiger partial charge in [0.2, 0.25) is 0 Å². The van der Waals surface area contributed by atoms with Crippen molar-refractivity contribution in [3.05, 3.63) is 36.2 Å². The van der Waals surface area contributed by atoms with Crippen LogP contribution in [0.5, 0.6) is 0 Å². The number of pyridine rings is 1. The van der Waals surface area contributed by atoms with Gasteiger partial charge in [-0.2, -0.15) is 0 Å². The highest BCUT2D eigenvalue weighted by Crippen LogP contribution is 2.02. The van der Waals surface area contributed by atoms with Crippen LogP contribution in [0.3, 0.4) is 0 Å². The average Bonchev–Trinajstić information content (AvgIpc) is 2.15. The van der Waals surface area contributed by atoms with E-state index in [0.29, 0.717) is 0 Å². The molecule has 62 valence electrons. The number of rotatable bonds is 3. The molecule has 0 saturated carbocycles. The monoisotopic (exact) mass is 160 g/mol. The molecule has 0 saturated heterocycles. The highest BCUT2D eigenvalue weighted by atomic mass is 14.7. The summed E-state index contributed by atoms with van der Waals surface area (Å²) in [5, 5.41) is 0. The molecule has 0 spiro atoms. The van der Waals surface area contributed by atoms with Crippen LogP contribution in [0.1, 0.15) is 18.2 Å². The minimum atomic E-state index is 0.797. The number of hydrogen-bond donors (Lipinski definition) is 0. The third-order valence-corrected chi connectivity index (χ3v) is 1.48. The first-order chi connectivity index (χ1) is 5.88. The van der Waals surface area contributed by atoms with Gasteiger partial charge >= 0.3 is 0 Å². The molecule has 0 unspecified atom stereocenters. The van der Waals surface area contributed by atoms with Crippen molar-refractivity contribution in [3.63, 3.8) is 0 Å². The molecule has 0 aliphatic rings. The normalized spacial score (nSPS) is 10.4. The van der Waals surface area contributed by atoms with E-state index < -0.39 is 0 Å². The Bertz CT molecular complexity index is 290. The molecule has 0 atom stereocenters. The van der Waals surface area contributed by atoms with Gasteiger partial charge in [-0.3, -0.25) is 9.98 Å². The van der Waals surface area contributed by atoms with Crippen LogP contribution in [0.4, 0.5) is 0 Å². The molecule has 12 heavy (non-hydrogen) atoms. The molecular weight excluding hydrogens is 148 g/mol. The second-order valence-electron chi connectivity index (χ2n) is 2.31. The van der Waals surface area contributed by atoms with Crippen LogP contribution in [0.15, 0.2) is 29.9 Å². The van der Waals surface area contributed by atoms with E-state index in [1.807, 2.05) is 25.3 Å². The second kappa shape index (κ2) is 4.44. The maximum atomic E-state index is 4.14. The Kier molecular flexibility index (Phi) is 3.20. The highest BCUT2D eigenvalue weighted by Gasteiger charge is 1.93. The van der Waals surface area contributed by atoms with Crippen molar-refractivity contribution in [2.45, 2.75) is 6.92 Å². The van der Waals surface area contributed by atoms with Crippen LogP contribution in [0, 0.1) is 0 Å². The minimum absolute atomic E-state index is 0.797. The molecule has 0 bridgehead atoms. The van der Waals surface area contributed by atoms with Crippen molar-refractivity contribution in [1.82, 2.24) is 4.98 Å². The van der Waals surface area contributed by atoms with Gasteiger partial charge in [-0.25, -0.2) is 0 Å². The molecule has 1 aromatic heterocycles. The summed E-state index contributed by atoms with van der Waals surface area (Å²) >= 11 is 0. The molecule has 1 heterocycles. The Balaban J connectivity index is 2.96. The molecule has 2 heteroatoms. The summed E-state index contributed by atoms with van der Waals surface area (Å²) in [7, 11) is 0. The van der Waals surface area contributed by atoms with Crippen LogP contribution in [0.25, 0.3) is 6.08 Å². The Morgan fingerprint density at radius 3 is 3.17 bits per heavy atom. The third kappa shape index (κ3) is 2.02. The fourth-order valence-electron chi connectivity index (χ4n) is 0.899. The molecule has 0 aromatic carbocycles. The molecule has 0 fully saturated rings. The van der Waals surface area contributed by atoms with Crippen LogP contribution in [-0.4, -0.2) is 17.7 Å². The van der Waals surface area contributed by atoms with Gasteiger partial charge in [0.15, 0.2) is 0 Å². The Labute approximate surface area is 72.7 Å². The predicted octanol–water partition coefficient (Wildman–Crippen LogP) is 2.16. The fraction of sp³-hybridized carbons (Fsp3) is 0.200. The highest BCUT2D eigenvalue weighted by molar-refractivity contribution is 5.83. The van der Waals surface area contributed by atoms with Gasteiger partial charge in [-0.1, -0.05) is 6.58 Å². The SMILES string of the molecule is C=Cc1ncccc1C=NCC. The zero-order valence-electron chi connectivity index (χ0n) is 7.20. The van der Waals surface area contributed by atoms with Crippen LogP contribution in [0.2, 0.25) is 0 Å². The van der Waals surface area contributed by atoms with Gasteiger partial charge in [0.05, 0.1) is 5.69 Å². The Morgan fingerprint density at radius 2 is 2.50 bits per heavy atom. The molecule has 0 radical (unpaired) electrons. The first-order valence-corrected chi connectivity index (χ1v) is 3.95. The van der Waals surface area contributed by atoms with E-state index in [0.717, 1.165) is 17.8 Å². The summed E-state index contributed by atoms with van der Waals surface area (Å²) in [4.78, 5) is 8.28. The second-order valence-corrected chi connectivity index (χ2v) is 2.31. The van der Waals surface area contributed by atoms with Gasteiger partial charge in [-0.15, -0.1) is 0 Å². The molecular formula is C10H12N2.